The zero-order valence-electron chi connectivity index (χ0n) is 8.10. The lowest BCUT2D eigenvalue weighted by atomic mass is 9.92. The Labute approximate surface area is 80.0 Å². The summed E-state index contributed by atoms with van der Waals surface area (Å²) >= 11 is 1.75. The van der Waals surface area contributed by atoms with E-state index >= 15 is 0 Å². The van der Waals surface area contributed by atoms with Gasteiger partial charge in [0.15, 0.2) is 0 Å². The van der Waals surface area contributed by atoms with Gasteiger partial charge in [0, 0.05) is 12.1 Å². The smallest absolute Gasteiger partial charge is 0.0172 e. The average molecular weight is 188 g/mol. The van der Waals surface area contributed by atoms with Gasteiger partial charge in [-0.1, -0.05) is 18.9 Å². The summed E-state index contributed by atoms with van der Waals surface area (Å²) in [7, 11) is 0. The lowest BCUT2D eigenvalue weighted by Gasteiger charge is -2.28. The zero-order chi connectivity index (χ0) is 8.81. The highest BCUT2D eigenvalue weighted by atomic mass is 32.2. The van der Waals surface area contributed by atoms with E-state index in [1.54, 1.807) is 11.9 Å². The van der Waals surface area contributed by atoms with E-state index in [0.717, 1.165) is 18.6 Å². The van der Waals surface area contributed by atoms with Crippen LogP contribution in [0.2, 0.25) is 0 Å². The summed E-state index contributed by atoms with van der Waals surface area (Å²) in [5.41, 5.74) is 0. The maximum absolute atomic E-state index is 3.51. The molecule has 1 aliphatic carbocycles. The van der Waals surface area contributed by atoms with E-state index in [-0.39, 0.29) is 0 Å². The molecule has 0 aromatic carbocycles. The fourth-order valence-electron chi connectivity index (χ4n) is 1.87. The third-order valence-electron chi connectivity index (χ3n) is 2.50. The van der Waals surface area contributed by atoms with Crippen LogP contribution in [0.4, 0.5) is 0 Å². The van der Waals surface area contributed by atoms with Crippen molar-refractivity contribution >= 4 is 11.9 Å². The van der Waals surface area contributed by atoms with Crippen LogP contribution in [0, 0.1) is 0 Å². The molecule has 12 heavy (non-hydrogen) atoms. The summed E-state index contributed by atoms with van der Waals surface area (Å²) in [5.74, 6) is 0. The molecule has 0 unspecified atom stereocenters. The molecule has 1 saturated carbocycles. The average Bonchev–Trinajstić information content (AvgIpc) is 2.09. The van der Waals surface area contributed by atoms with Gasteiger partial charge in [0.2, 0.25) is 0 Å². The summed E-state index contributed by atoms with van der Waals surface area (Å²) in [6, 6.07) is 1.55. The quantitative estimate of drug-likeness (QED) is 0.658. The molecule has 3 heteroatoms. The molecule has 2 N–H and O–H groups in total. The molecule has 1 fully saturated rings. The van der Waals surface area contributed by atoms with E-state index in [1.807, 2.05) is 0 Å². The van der Waals surface area contributed by atoms with Crippen LogP contribution in [0.15, 0.2) is 0 Å². The Bertz CT molecular complexity index is 97.1. The molecule has 0 aliphatic heterocycles. The Kier molecular flexibility index (Phi) is 5.04. The molecule has 0 spiro atoms. The second-order valence-electron chi connectivity index (χ2n) is 3.43. The van der Waals surface area contributed by atoms with Gasteiger partial charge in [0.1, 0.15) is 0 Å². The molecule has 72 valence electrons. The summed E-state index contributed by atoms with van der Waals surface area (Å²) < 4.78 is 3.44. The molecule has 0 atom stereocenters. The van der Waals surface area contributed by atoms with Crippen LogP contribution in [0.5, 0.6) is 0 Å². The van der Waals surface area contributed by atoms with Gasteiger partial charge in [-0.3, -0.25) is 4.72 Å². The fraction of sp³-hybridized carbons (Fsp3) is 1.00. The van der Waals surface area contributed by atoms with Gasteiger partial charge < -0.3 is 5.32 Å². The molecule has 0 bridgehead atoms. The minimum atomic E-state index is 0.759. The van der Waals surface area contributed by atoms with Gasteiger partial charge >= 0.3 is 0 Å². The van der Waals surface area contributed by atoms with E-state index < -0.39 is 0 Å². The second-order valence-corrected chi connectivity index (χ2v) is 4.07. The van der Waals surface area contributed by atoms with E-state index in [1.165, 1.54) is 25.7 Å². The van der Waals surface area contributed by atoms with Crippen molar-refractivity contribution in [3.8, 4) is 0 Å². The van der Waals surface area contributed by atoms with Crippen LogP contribution in [0.1, 0.15) is 32.6 Å². The van der Waals surface area contributed by atoms with Gasteiger partial charge in [-0.05, 0) is 38.5 Å². The van der Waals surface area contributed by atoms with Gasteiger partial charge in [-0.2, -0.15) is 0 Å². The Morgan fingerprint density at radius 3 is 2.25 bits per heavy atom. The first-order valence-corrected chi connectivity index (χ1v) is 6.11. The molecule has 0 saturated heterocycles. The van der Waals surface area contributed by atoms with Crippen LogP contribution in [0.3, 0.4) is 0 Å². The zero-order valence-corrected chi connectivity index (χ0v) is 8.91. The van der Waals surface area contributed by atoms with Crippen molar-refractivity contribution < 1.29 is 0 Å². The normalized spacial score (nSPS) is 30.5. The van der Waals surface area contributed by atoms with Gasteiger partial charge in [0.05, 0.1) is 0 Å². The number of rotatable bonds is 4. The number of hydrogen-bond acceptors (Lipinski definition) is 3. The first-order chi connectivity index (χ1) is 5.86. The fourth-order valence-corrected chi connectivity index (χ4v) is 2.44. The molecule has 1 rings (SSSR count). The SMILES string of the molecule is CCNC1CCC(NSC)CC1. The maximum atomic E-state index is 3.51. The van der Waals surface area contributed by atoms with Crippen LogP contribution in [-0.4, -0.2) is 24.9 Å². The molecule has 0 radical (unpaired) electrons. The van der Waals surface area contributed by atoms with Crippen molar-refractivity contribution in [3.05, 3.63) is 0 Å². The topological polar surface area (TPSA) is 24.1 Å². The van der Waals surface area contributed by atoms with Crippen LogP contribution in [-0.2, 0) is 0 Å². The molecule has 1 aliphatic rings. The standard InChI is InChI=1S/C9H20N2S/c1-3-10-8-4-6-9(7-5-8)11-12-2/h8-11H,3-7H2,1-2H3. The Balaban J connectivity index is 2.11. The Morgan fingerprint density at radius 2 is 1.75 bits per heavy atom. The van der Waals surface area contributed by atoms with E-state index in [9.17, 15) is 0 Å². The molecular weight excluding hydrogens is 168 g/mol. The van der Waals surface area contributed by atoms with Gasteiger partial charge in [-0.25, -0.2) is 0 Å². The van der Waals surface area contributed by atoms with Crippen LogP contribution in [0.25, 0.3) is 0 Å². The summed E-state index contributed by atoms with van der Waals surface area (Å²) in [6.07, 6.45) is 7.45. The largest absolute Gasteiger partial charge is 0.314 e. The molecule has 0 aromatic rings. The Hall–Kier alpha value is 0.270. The molecule has 0 heterocycles. The summed E-state index contributed by atoms with van der Waals surface area (Å²) in [6.45, 7) is 3.30. The first kappa shape index (κ1) is 10.4. The molecule has 0 amide bonds. The minimum Gasteiger partial charge on any atom is -0.314 e. The Morgan fingerprint density at radius 1 is 1.17 bits per heavy atom. The monoisotopic (exact) mass is 188 g/mol. The molecular formula is C9H20N2S. The van der Waals surface area contributed by atoms with E-state index in [0.29, 0.717) is 0 Å². The maximum Gasteiger partial charge on any atom is 0.0172 e. The van der Waals surface area contributed by atoms with Gasteiger partial charge in [-0.15, -0.1) is 0 Å². The summed E-state index contributed by atoms with van der Waals surface area (Å²) in [5, 5.41) is 3.51. The molecule has 0 aromatic heterocycles. The van der Waals surface area contributed by atoms with Gasteiger partial charge in [0.25, 0.3) is 0 Å². The third kappa shape index (κ3) is 3.33. The highest BCUT2D eigenvalue weighted by Crippen LogP contribution is 2.19. The first-order valence-electron chi connectivity index (χ1n) is 4.88. The third-order valence-corrected chi connectivity index (χ3v) is 3.07. The lowest BCUT2D eigenvalue weighted by Crippen LogP contribution is -2.37. The summed E-state index contributed by atoms with van der Waals surface area (Å²) in [4.78, 5) is 0. The predicted molar refractivity (Wildman–Crippen MR) is 56.4 cm³/mol. The highest BCUT2D eigenvalue weighted by Gasteiger charge is 2.19. The minimum absolute atomic E-state index is 0.759. The van der Waals surface area contributed by atoms with Crippen molar-refractivity contribution in [2.45, 2.75) is 44.7 Å². The lowest BCUT2D eigenvalue weighted by molar-refractivity contribution is 0.338. The van der Waals surface area contributed by atoms with E-state index in [2.05, 4.69) is 23.2 Å². The molecule has 2 nitrogen and oxygen atoms in total. The highest BCUT2D eigenvalue weighted by molar-refractivity contribution is 7.96. The van der Waals surface area contributed by atoms with Crippen LogP contribution < -0.4 is 10.0 Å². The van der Waals surface area contributed by atoms with Crippen LogP contribution >= 0.6 is 11.9 Å². The van der Waals surface area contributed by atoms with Crippen molar-refractivity contribution in [2.75, 3.05) is 12.8 Å². The van der Waals surface area contributed by atoms with E-state index in [4.69, 9.17) is 0 Å². The number of nitrogens with one attached hydrogen (secondary N) is 2. The van der Waals surface area contributed by atoms with Crippen molar-refractivity contribution in [1.82, 2.24) is 10.0 Å². The number of hydrogen-bond donors (Lipinski definition) is 2. The van der Waals surface area contributed by atoms with Crippen molar-refractivity contribution in [2.24, 2.45) is 0 Å². The van der Waals surface area contributed by atoms with Crippen molar-refractivity contribution in [1.29, 1.82) is 0 Å². The predicted octanol–water partition coefficient (Wildman–Crippen LogP) is 1.77. The second kappa shape index (κ2) is 5.84. The van der Waals surface area contributed by atoms with Crippen molar-refractivity contribution in [3.63, 3.8) is 0 Å².